The maximum atomic E-state index is 9.29. The van der Waals surface area contributed by atoms with Gasteiger partial charge in [0.05, 0.1) is 26.4 Å². The summed E-state index contributed by atoms with van der Waals surface area (Å²) < 4.78 is 30.5. The smallest absolute Gasteiger partial charge is 0.168 e. The first kappa shape index (κ1) is 25.9. The summed E-state index contributed by atoms with van der Waals surface area (Å²) in [5.41, 5.74) is 12.4. The van der Waals surface area contributed by atoms with Crippen LogP contribution >= 0.6 is 0 Å². The van der Waals surface area contributed by atoms with Gasteiger partial charge in [0.15, 0.2) is 6.29 Å². The summed E-state index contributed by atoms with van der Waals surface area (Å²) in [7, 11) is 1.52. The van der Waals surface area contributed by atoms with Gasteiger partial charge in [-0.05, 0) is 22.2 Å². The van der Waals surface area contributed by atoms with Crippen molar-refractivity contribution in [1.82, 2.24) is 0 Å². The second-order valence-electron chi connectivity index (χ2n) is 8.50. The van der Waals surface area contributed by atoms with Gasteiger partial charge in [-0.2, -0.15) is 0 Å². The van der Waals surface area contributed by atoms with Crippen molar-refractivity contribution in [3.63, 3.8) is 0 Å². The van der Waals surface area contributed by atoms with Crippen LogP contribution in [0.3, 0.4) is 0 Å². The molecule has 3 aromatic carbocycles. The van der Waals surface area contributed by atoms with Crippen molar-refractivity contribution < 1.29 is 23.7 Å². The van der Waals surface area contributed by atoms with Crippen molar-refractivity contribution in [3.8, 4) is 0 Å². The van der Waals surface area contributed by atoms with E-state index < -0.39 is 30.6 Å². The number of rotatable bonds is 12. The van der Waals surface area contributed by atoms with E-state index in [0.717, 1.165) is 16.7 Å². The molecule has 1 aliphatic heterocycles. The number of hydrogen-bond donors (Lipinski definition) is 0. The fourth-order valence-corrected chi connectivity index (χ4v) is 4.20. The first-order valence-electron chi connectivity index (χ1n) is 11.9. The fourth-order valence-electron chi connectivity index (χ4n) is 4.20. The summed E-state index contributed by atoms with van der Waals surface area (Å²) in [5.74, 6) is 0. The molecule has 0 aliphatic carbocycles. The molecule has 1 saturated heterocycles. The van der Waals surface area contributed by atoms with Crippen molar-refractivity contribution in [2.24, 2.45) is 5.11 Å². The maximum Gasteiger partial charge on any atom is 0.168 e. The van der Waals surface area contributed by atoms with Gasteiger partial charge in [-0.1, -0.05) is 96.1 Å². The number of hydrogen-bond acceptors (Lipinski definition) is 6. The molecule has 0 radical (unpaired) electrons. The average molecular weight is 490 g/mol. The zero-order chi connectivity index (χ0) is 25.0. The molecule has 0 bridgehead atoms. The minimum Gasteiger partial charge on any atom is -0.374 e. The monoisotopic (exact) mass is 489 g/mol. The molecule has 8 nitrogen and oxygen atoms in total. The summed E-state index contributed by atoms with van der Waals surface area (Å²) in [6.07, 6.45) is -2.49. The van der Waals surface area contributed by atoms with E-state index >= 15 is 0 Å². The first-order chi connectivity index (χ1) is 17.8. The molecule has 0 saturated carbocycles. The molecule has 0 aromatic heterocycles. The Morgan fingerprint density at radius 1 is 0.750 bits per heavy atom. The first-order valence-corrected chi connectivity index (χ1v) is 11.9. The van der Waals surface area contributed by atoms with E-state index in [9.17, 15) is 5.53 Å². The van der Waals surface area contributed by atoms with Gasteiger partial charge in [-0.25, -0.2) is 0 Å². The molecule has 1 heterocycles. The van der Waals surface area contributed by atoms with Gasteiger partial charge in [0.1, 0.15) is 24.4 Å². The Hall–Kier alpha value is -3.23. The second kappa shape index (κ2) is 13.8. The highest BCUT2D eigenvalue weighted by atomic mass is 16.7. The maximum absolute atomic E-state index is 9.29. The van der Waals surface area contributed by atoms with E-state index in [0.29, 0.717) is 19.8 Å². The van der Waals surface area contributed by atoms with Crippen LogP contribution in [0.25, 0.3) is 10.4 Å². The highest BCUT2D eigenvalue weighted by Crippen LogP contribution is 2.30. The molecule has 0 amide bonds. The Morgan fingerprint density at radius 3 is 1.75 bits per heavy atom. The van der Waals surface area contributed by atoms with Crippen LogP contribution in [0.2, 0.25) is 0 Å². The van der Waals surface area contributed by atoms with Gasteiger partial charge in [0.25, 0.3) is 0 Å². The van der Waals surface area contributed by atoms with Gasteiger partial charge in [-0.3, -0.25) is 0 Å². The number of nitrogens with zero attached hydrogens (tertiary/aromatic N) is 3. The number of benzene rings is 3. The lowest BCUT2D eigenvalue weighted by Gasteiger charge is -2.44. The summed E-state index contributed by atoms with van der Waals surface area (Å²) in [6, 6.07) is 28.9. The van der Waals surface area contributed by atoms with Gasteiger partial charge >= 0.3 is 0 Å². The van der Waals surface area contributed by atoms with Gasteiger partial charge in [0.2, 0.25) is 0 Å². The van der Waals surface area contributed by atoms with E-state index in [4.69, 9.17) is 23.7 Å². The zero-order valence-corrected chi connectivity index (χ0v) is 20.3. The summed E-state index contributed by atoms with van der Waals surface area (Å²) in [4.78, 5) is 3.04. The predicted octanol–water partition coefficient (Wildman–Crippen LogP) is 5.42. The van der Waals surface area contributed by atoms with Crippen LogP contribution in [0.15, 0.2) is 96.1 Å². The molecule has 36 heavy (non-hydrogen) atoms. The van der Waals surface area contributed by atoms with Crippen molar-refractivity contribution in [2.45, 2.75) is 50.5 Å². The van der Waals surface area contributed by atoms with Crippen LogP contribution in [0.5, 0.6) is 0 Å². The normalized spacial score (nSPS) is 23.6. The van der Waals surface area contributed by atoms with Crippen LogP contribution in [-0.2, 0) is 43.5 Å². The third-order valence-corrected chi connectivity index (χ3v) is 6.00. The molecule has 0 spiro atoms. The summed E-state index contributed by atoms with van der Waals surface area (Å²) >= 11 is 0. The van der Waals surface area contributed by atoms with Crippen molar-refractivity contribution in [1.29, 1.82) is 0 Å². The SMILES string of the molecule is CO[C@@H]1O[C@@H](COCc2ccccc2)[C@H](OCc2ccccc2)[C@@H](OCc2ccccc2)[C@@H]1N=[N+]=[N-]. The minimum absolute atomic E-state index is 0.252. The molecule has 1 aliphatic rings. The summed E-state index contributed by atoms with van der Waals surface area (Å²) in [6.45, 7) is 1.35. The lowest BCUT2D eigenvalue weighted by atomic mass is 9.96. The van der Waals surface area contributed by atoms with E-state index in [1.807, 2.05) is 91.0 Å². The number of methoxy groups -OCH3 is 1. The lowest BCUT2D eigenvalue weighted by Crippen LogP contribution is -2.60. The van der Waals surface area contributed by atoms with E-state index in [2.05, 4.69) is 10.0 Å². The molecular weight excluding hydrogens is 458 g/mol. The van der Waals surface area contributed by atoms with Crippen LogP contribution in [0, 0.1) is 0 Å². The molecule has 8 heteroatoms. The molecule has 1 fully saturated rings. The Morgan fingerprint density at radius 2 is 1.25 bits per heavy atom. The third-order valence-electron chi connectivity index (χ3n) is 6.00. The molecule has 0 unspecified atom stereocenters. The van der Waals surface area contributed by atoms with Crippen molar-refractivity contribution in [3.05, 3.63) is 118 Å². The minimum atomic E-state index is -0.802. The molecular formula is C28H31N3O5. The Kier molecular flexibility index (Phi) is 9.87. The third kappa shape index (κ3) is 7.15. The highest BCUT2D eigenvalue weighted by molar-refractivity contribution is 5.15. The van der Waals surface area contributed by atoms with E-state index in [1.165, 1.54) is 7.11 Å². The van der Waals surface area contributed by atoms with Crippen molar-refractivity contribution >= 4 is 0 Å². The van der Waals surface area contributed by atoms with E-state index in [1.54, 1.807) is 0 Å². The summed E-state index contributed by atoms with van der Waals surface area (Å²) in [5, 5.41) is 3.98. The van der Waals surface area contributed by atoms with Crippen LogP contribution in [0.1, 0.15) is 16.7 Å². The zero-order valence-electron chi connectivity index (χ0n) is 20.3. The largest absolute Gasteiger partial charge is 0.374 e. The van der Waals surface area contributed by atoms with Gasteiger partial charge in [-0.15, -0.1) is 0 Å². The Bertz CT molecular complexity index is 1080. The van der Waals surface area contributed by atoms with E-state index in [-0.39, 0.29) is 6.61 Å². The topological polar surface area (TPSA) is 94.9 Å². The van der Waals surface area contributed by atoms with Gasteiger partial charge < -0.3 is 23.7 Å². The van der Waals surface area contributed by atoms with Crippen LogP contribution < -0.4 is 0 Å². The predicted molar refractivity (Wildman–Crippen MR) is 135 cm³/mol. The second-order valence-corrected chi connectivity index (χ2v) is 8.50. The van der Waals surface area contributed by atoms with Crippen molar-refractivity contribution in [2.75, 3.05) is 13.7 Å². The highest BCUT2D eigenvalue weighted by Gasteiger charge is 2.47. The molecule has 5 atom stereocenters. The van der Waals surface area contributed by atoms with Crippen LogP contribution in [-0.4, -0.2) is 44.4 Å². The number of azide groups is 1. The molecule has 4 rings (SSSR count). The average Bonchev–Trinajstić information content (AvgIpc) is 2.93. The Labute approximate surface area is 211 Å². The number of ether oxygens (including phenoxy) is 5. The lowest BCUT2D eigenvalue weighted by molar-refractivity contribution is -0.280. The molecule has 0 N–H and O–H groups in total. The fraction of sp³-hybridized carbons (Fsp3) is 0.357. The van der Waals surface area contributed by atoms with Gasteiger partial charge in [0, 0.05) is 12.0 Å². The molecule has 3 aromatic rings. The quantitative estimate of drug-likeness (QED) is 0.192. The molecule has 188 valence electrons. The standard InChI is InChI=1S/C28H31N3O5/c1-32-28-25(30-31-29)27(35-19-23-15-9-4-10-16-23)26(34-18-22-13-7-3-8-14-22)24(36-28)20-33-17-21-11-5-2-6-12-21/h2-16,24-28H,17-20H2,1H3/t24-,25-,26-,27-,28+/m0/s1. The Balaban J connectivity index is 1.55. The van der Waals surface area contributed by atoms with Crippen LogP contribution in [0.4, 0.5) is 0 Å².